The Morgan fingerprint density at radius 2 is 2.10 bits per heavy atom. The van der Waals surface area contributed by atoms with Crippen molar-refractivity contribution >= 4 is 29.0 Å². The molecule has 3 aliphatic carbocycles. The van der Waals surface area contributed by atoms with Crippen LogP contribution >= 0.6 is 0 Å². The lowest BCUT2D eigenvalue weighted by molar-refractivity contribution is -0.105. The molecule has 3 N–H and O–H groups in total. The summed E-state index contributed by atoms with van der Waals surface area (Å²) in [5, 5.41) is 6.18. The van der Waals surface area contributed by atoms with Crippen molar-refractivity contribution in [2.75, 3.05) is 18.4 Å². The van der Waals surface area contributed by atoms with Gasteiger partial charge in [0.05, 0.1) is 29.0 Å². The third-order valence-corrected chi connectivity index (χ3v) is 10.0. The van der Waals surface area contributed by atoms with E-state index in [2.05, 4.69) is 31.6 Å². The summed E-state index contributed by atoms with van der Waals surface area (Å²) in [6.45, 7) is 2.23. The number of carbonyl (C=O) groups is 2. The van der Waals surface area contributed by atoms with E-state index in [1.165, 1.54) is 36.7 Å². The summed E-state index contributed by atoms with van der Waals surface area (Å²) in [4.78, 5) is 46.3. The molecule has 3 heterocycles. The van der Waals surface area contributed by atoms with Gasteiger partial charge in [0.15, 0.2) is 0 Å². The van der Waals surface area contributed by atoms with Crippen molar-refractivity contribution in [3.8, 4) is 5.75 Å². The fourth-order valence-electron chi connectivity index (χ4n) is 8.25. The smallest absolute Gasteiger partial charge is 0.266 e. The molecule has 200 valence electrons. The third-order valence-electron chi connectivity index (χ3n) is 10.0. The van der Waals surface area contributed by atoms with Crippen molar-refractivity contribution in [3.05, 3.63) is 63.6 Å². The fraction of sp³-hybridized carbons (Fsp3) is 0.467. The summed E-state index contributed by atoms with van der Waals surface area (Å²) in [5.41, 5.74) is 4.53. The summed E-state index contributed by atoms with van der Waals surface area (Å²) in [5.74, 6) is 1.93. The molecule has 3 fully saturated rings. The molecule has 1 aromatic heterocycles. The number of likely N-dealkylation sites (tertiary alicyclic amines) is 1. The summed E-state index contributed by atoms with van der Waals surface area (Å²) in [6, 6.07) is 9.63. The summed E-state index contributed by atoms with van der Waals surface area (Å²) in [7, 11) is 0. The van der Waals surface area contributed by atoms with Crippen molar-refractivity contribution in [1.29, 1.82) is 0 Å². The number of amides is 2. The second kappa shape index (κ2) is 8.39. The van der Waals surface area contributed by atoms with Crippen LogP contribution in [-0.4, -0.2) is 58.5 Å². The molecule has 2 bridgehead atoms. The number of H-pyrrole nitrogens is 1. The zero-order valence-corrected chi connectivity index (χ0v) is 21.6. The van der Waals surface area contributed by atoms with E-state index in [0.717, 1.165) is 43.9 Å². The van der Waals surface area contributed by atoms with E-state index in [-0.39, 0.29) is 29.0 Å². The lowest BCUT2D eigenvalue weighted by Gasteiger charge is -2.59. The number of hydrogen-bond acceptors (Lipinski definition) is 6. The van der Waals surface area contributed by atoms with Crippen molar-refractivity contribution in [1.82, 2.24) is 20.2 Å². The number of piperidine rings is 1. The summed E-state index contributed by atoms with van der Waals surface area (Å²) < 4.78 is 6.82. The van der Waals surface area contributed by atoms with E-state index in [1.807, 2.05) is 6.07 Å². The molecule has 1 spiro atoms. The van der Waals surface area contributed by atoms with Gasteiger partial charge >= 0.3 is 0 Å². The molecule has 8 rings (SSSR count). The summed E-state index contributed by atoms with van der Waals surface area (Å²) >= 11 is 0. The van der Waals surface area contributed by atoms with Crippen LogP contribution in [0.1, 0.15) is 53.6 Å². The van der Waals surface area contributed by atoms with Crippen LogP contribution in [0.5, 0.6) is 5.75 Å². The number of nitrogens with one attached hydrogen (secondary N) is 3. The number of ether oxygens (including phenoxy) is 1. The minimum Gasteiger partial charge on any atom is -0.485 e. The largest absolute Gasteiger partial charge is 0.485 e. The molecule has 0 unspecified atom stereocenters. The zero-order chi connectivity index (χ0) is 26.3. The Labute approximate surface area is 225 Å². The van der Waals surface area contributed by atoms with Crippen LogP contribution in [0, 0.1) is 11.8 Å². The lowest BCUT2D eigenvalue weighted by Crippen LogP contribution is -2.69. The number of nitrogens with zero attached hydrogens (tertiary/aromatic N) is 2. The number of anilines is 1. The monoisotopic (exact) mass is 525 g/mol. The topological polar surface area (TPSA) is 116 Å². The van der Waals surface area contributed by atoms with Crippen LogP contribution in [0.3, 0.4) is 0 Å². The molecule has 0 radical (unpaired) electrons. The first-order valence-electron chi connectivity index (χ1n) is 14.1. The van der Waals surface area contributed by atoms with E-state index in [1.54, 1.807) is 18.2 Å². The minimum absolute atomic E-state index is 0.161. The first-order valence-corrected chi connectivity index (χ1v) is 14.1. The highest BCUT2D eigenvalue weighted by atomic mass is 16.5. The number of aromatic amines is 1. The fourth-order valence-corrected chi connectivity index (χ4v) is 8.25. The zero-order valence-electron chi connectivity index (χ0n) is 21.6. The molecular formula is C30H31N5O4. The van der Waals surface area contributed by atoms with Crippen molar-refractivity contribution in [3.63, 3.8) is 0 Å². The van der Waals surface area contributed by atoms with E-state index in [4.69, 9.17) is 4.74 Å². The first-order chi connectivity index (χ1) is 19.0. The Morgan fingerprint density at radius 3 is 2.95 bits per heavy atom. The van der Waals surface area contributed by atoms with Crippen LogP contribution in [0.25, 0.3) is 11.0 Å². The molecule has 9 heteroatoms. The number of rotatable bonds is 6. The third kappa shape index (κ3) is 3.41. The van der Waals surface area contributed by atoms with E-state index in [9.17, 15) is 14.4 Å². The quantitative estimate of drug-likeness (QED) is 0.426. The van der Waals surface area contributed by atoms with Crippen LogP contribution in [0.2, 0.25) is 0 Å². The predicted octanol–water partition coefficient (Wildman–Crippen LogP) is 2.74. The molecule has 1 saturated heterocycles. The van der Waals surface area contributed by atoms with Gasteiger partial charge in [0, 0.05) is 29.1 Å². The highest BCUT2D eigenvalue weighted by molar-refractivity contribution is 5.97. The lowest BCUT2D eigenvalue weighted by atomic mass is 9.51. The molecule has 2 aromatic carbocycles. The second-order valence-corrected chi connectivity index (χ2v) is 12.0. The van der Waals surface area contributed by atoms with Crippen LogP contribution in [0.15, 0.2) is 41.3 Å². The molecule has 39 heavy (non-hydrogen) atoms. The van der Waals surface area contributed by atoms with Gasteiger partial charge in [0.2, 0.25) is 6.41 Å². The molecule has 5 atom stereocenters. The first kappa shape index (κ1) is 23.2. The molecule has 5 aliphatic rings. The molecule has 9 nitrogen and oxygen atoms in total. The van der Waals surface area contributed by atoms with Gasteiger partial charge in [-0.3, -0.25) is 19.3 Å². The number of hydrogen-bond donors (Lipinski definition) is 3. The predicted molar refractivity (Wildman–Crippen MR) is 145 cm³/mol. The van der Waals surface area contributed by atoms with Gasteiger partial charge < -0.3 is 20.4 Å². The van der Waals surface area contributed by atoms with E-state index >= 15 is 0 Å². The second-order valence-electron chi connectivity index (χ2n) is 12.0. The van der Waals surface area contributed by atoms with Gasteiger partial charge in [-0.1, -0.05) is 6.07 Å². The van der Waals surface area contributed by atoms with E-state index < -0.39 is 0 Å². The van der Waals surface area contributed by atoms with Crippen molar-refractivity contribution < 1.29 is 14.3 Å². The van der Waals surface area contributed by atoms with E-state index in [0.29, 0.717) is 40.7 Å². The number of benzene rings is 2. The molecule has 2 saturated carbocycles. The van der Waals surface area contributed by atoms with Crippen molar-refractivity contribution in [2.24, 2.45) is 11.8 Å². The Hall–Kier alpha value is -3.72. The molecule has 3 aromatic rings. The van der Waals surface area contributed by atoms with Gasteiger partial charge in [0.25, 0.3) is 11.5 Å². The Balaban J connectivity index is 1.15. The highest BCUT2D eigenvalue weighted by Gasteiger charge is 2.66. The average Bonchev–Trinajstić information content (AvgIpc) is 3.69. The number of carbonyl (C=O) groups excluding carboxylic acids is 2. The molecule has 2 amide bonds. The molecule has 2 aliphatic heterocycles. The summed E-state index contributed by atoms with van der Waals surface area (Å²) in [6.07, 6.45) is 8.33. The number of fused-ring (bicyclic) bond motifs is 1. The van der Waals surface area contributed by atoms with Gasteiger partial charge in [-0.15, -0.1) is 0 Å². The maximum Gasteiger partial charge on any atom is 0.266 e. The normalized spacial score (nSPS) is 30.4. The standard InChI is InChI=1S/C30H31N5O4/c36-15-32-21-7-3-17-12-24-19-5-8-22(34-29(38)18-4-6-20-23(11-18)31-13-25(37)33-20)28-30(19,26(17)27(21)39-28)9-10-35(24)14-16-1-2-16/h3-4,6-7,11,13,15-16,19,22,24,28H,1-2,5,8-10,12,14H2,(H,32,36)(H,33,37)(H,34,38)/t19-,22+,24+,28-,30-/m0/s1. The Kier molecular flexibility index (Phi) is 4.99. The minimum atomic E-state index is -0.273. The van der Waals surface area contributed by atoms with Gasteiger partial charge in [0.1, 0.15) is 11.9 Å². The Morgan fingerprint density at radius 1 is 1.21 bits per heavy atom. The van der Waals surface area contributed by atoms with Crippen molar-refractivity contribution in [2.45, 2.75) is 62.1 Å². The van der Waals surface area contributed by atoms with Gasteiger partial charge in [-0.2, -0.15) is 0 Å². The maximum atomic E-state index is 13.5. The Bertz CT molecular complexity index is 1580. The van der Waals surface area contributed by atoms with Crippen LogP contribution in [-0.2, 0) is 16.6 Å². The highest BCUT2D eigenvalue weighted by Crippen LogP contribution is 2.63. The van der Waals surface area contributed by atoms with Gasteiger partial charge in [-0.05, 0) is 86.7 Å². The van der Waals surface area contributed by atoms with Crippen LogP contribution < -0.4 is 20.9 Å². The molecular weight excluding hydrogens is 494 g/mol. The maximum absolute atomic E-state index is 13.5. The number of aromatic nitrogens is 2. The van der Waals surface area contributed by atoms with Crippen LogP contribution in [0.4, 0.5) is 5.69 Å². The van der Waals surface area contributed by atoms with Gasteiger partial charge in [-0.25, -0.2) is 4.98 Å². The SMILES string of the molecule is O=CNc1ccc2c3c1O[C@H]1[C@H](NC(=O)c4ccc5[nH]c(=O)cnc5c4)CC[C@H]4[C@@H](C2)N(CC2CC2)CC[C@@]341. The average molecular weight is 526 g/mol.